The van der Waals surface area contributed by atoms with Gasteiger partial charge in [-0.25, -0.2) is 0 Å². The lowest BCUT2D eigenvalue weighted by molar-refractivity contribution is 0.00578. The van der Waals surface area contributed by atoms with Crippen molar-refractivity contribution >= 4 is 7.12 Å². The average molecular weight is 348 g/mol. The second kappa shape index (κ2) is 7.42. The third kappa shape index (κ3) is 3.65. The average Bonchev–Trinajstić information content (AvgIpc) is 2.83. The number of rotatable bonds is 6. The molecular formula is C23H29BO2. The summed E-state index contributed by atoms with van der Waals surface area (Å²) in [4.78, 5) is 0. The van der Waals surface area contributed by atoms with Gasteiger partial charge in [0.05, 0.1) is 11.2 Å². The smallest absolute Gasteiger partial charge is 0.403 e. The molecule has 3 heteroatoms. The molecule has 2 atom stereocenters. The summed E-state index contributed by atoms with van der Waals surface area (Å²) in [5, 5.41) is 0. The highest BCUT2D eigenvalue weighted by Gasteiger charge is 2.55. The summed E-state index contributed by atoms with van der Waals surface area (Å²) in [6, 6.07) is 21.2. The number of hydrogen-bond acceptors (Lipinski definition) is 2. The molecule has 0 aliphatic carbocycles. The van der Waals surface area contributed by atoms with Crippen LogP contribution in [0.5, 0.6) is 0 Å². The molecule has 0 bridgehead atoms. The van der Waals surface area contributed by atoms with Crippen LogP contribution < -0.4 is 0 Å². The summed E-state index contributed by atoms with van der Waals surface area (Å²) in [6.07, 6.45) is 2.87. The molecule has 0 unspecified atom stereocenters. The van der Waals surface area contributed by atoms with Gasteiger partial charge < -0.3 is 9.31 Å². The molecule has 1 heterocycles. The summed E-state index contributed by atoms with van der Waals surface area (Å²) in [5.41, 5.74) is 1.83. The fraction of sp³-hybridized carbons (Fsp3) is 0.391. The third-order valence-corrected chi connectivity index (χ3v) is 5.83. The highest BCUT2D eigenvalue weighted by molar-refractivity contribution is 6.48. The van der Waals surface area contributed by atoms with Crippen molar-refractivity contribution in [3.05, 3.63) is 84.4 Å². The van der Waals surface area contributed by atoms with Gasteiger partial charge in [-0.1, -0.05) is 66.7 Å². The maximum atomic E-state index is 6.47. The maximum Gasteiger partial charge on any atom is 0.466 e. The first-order chi connectivity index (χ1) is 12.4. The molecule has 0 N–H and O–H groups in total. The lowest BCUT2D eigenvalue weighted by Crippen LogP contribution is -2.41. The molecule has 1 aliphatic heterocycles. The SMILES string of the molecule is C=CC[C@@H](c1ccccc1)[C@H](B1OC(C)(C)C(C)(C)O1)c1ccccc1. The van der Waals surface area contributed by atoms with E-state index in [9.17, 15) is 0 Å². The molecule has 1 aliphatic rings. The second-order valence-corrected chi connectivity index (χ2v) is 8.10. The van der Waals surface area contributed by atoms with Gasteiger partial charge in [0.15, 0.2) is 0 Å². The van der Waals surface area contributed by atoms with Crippen molar-refractivity contribution in [2.75, 3.05) is 0 Å². The molecule has 0 saturated carbocycles. The minimum absolute atomic E-state index is 0.0950. The molecule has 0 amide bonds. The summed E-state index contributed by atoms with van der Waals surface area (Å²) >= 11 is 0. The topological polar surface area (TPSA) is 18.5 Å². The lowest BCUT2D eigenvalue weighted by Gasteiger charge is -2.32. The first-order valence-corrected chi connectivity index (χ1v) is 9.42. The summed E-state index contributed by atoms with van der Waals surface area (Å²) in [7, 11) is -0.299. The van der Waals surface area contributed by atoms with Gasteiger partial charge in [0.25, 0.3) is 0 Å². The van der Waals surface area contributed by atoms with Crippen molar-refractivity contribution in [3.8, 4) is 0 Å². The van der Waals surface area contributed by atoms with Gasteiger partial charge in [-0.3, -0.25) is 0 Å². The number of hydrogen-bond donors (Lipinski definition) is 0. The Morgan fingerprint density at radius 2 is 1.31 bits per heavy atom. The van der Waals surface area contributed by atoms with Gasteiger partial charge >= 0.3 is 7.12 Å². The van der Waals surface area contributed by atoms with Gasteiger partial charge in [0.2, 0.25) is 0 Å². The molecule has 1 saturated heterocycles. The minimum atomic E-state index is -0.347. The van der Waals surface area contributed by atoms with E-state index >= 15 is 0 Å². The highest BCUT2D eigenvalue weighted by atomic mass is 16.7. The Bertz CT molecular complexity index is 708. The van der Waals surface area contributed by atoms with E-state index in [2.05, 4.69) is 94.9 Å². The van der Waals surface area contributed by atoms with Crippen molar-refractivity contribution in [3.63, 3.8) is 0 Å². The van der Waals surface area contributed by atoms with Gasteiger partial charge in [-0.05, 0) is 51.2 Å². The van der Waals surface area contributed by atoms with Crippen LogP contribution in [0.25, 0.3) is 0 Å². The molecule has 1 fully saturated rings. The van der Waals surface area contributed by atoms with Crippen molar-refractivity contribution in [2.45, 2.75) is 57.1 Å². The molecule has 2 aromatic carbocycles. The summed E-state index contributed by atoms with van der Waals surface area (Å²) in [6.45, 7) is 12.4. The Morgan fingerprint density at radius 1 is 0.846 bits per heavy atom. The largest absolute Gasteiger partial charge is 0.466 e. The Hall–Kier alpha value is -1.84. The molecule has 0 spiro atoms. The molecule has 0 radical (unpaired) electrons. The first kappa shape index (κ1) is 18.9. The molecule has 3 rings (SSSR count). The Morgan fingerprint density at radius 3 is 1.77 bits per heavy atom. The zero-order valence-corrected chi connectivity index (χ0v) is 16.3. The predicted molar refractivity (Wildman–Crippen MR) is 109 cm³/mol. The number of allylic oxidation sites excluding steroid dienone is 1. The van der Waals surface area contributed by atoms with E-state index in [0.29, 0.717) is 0 Å². The van der Waals surface area contributed by atoms with E-state index in [1.54, 1.807) is 0 Å². The third-order valence-electron chi connectivity index (χ3n) is 5.83. The molecular weight excluding hydrogens is 319 g/mol. The van der Waals surface area contributed by atoms with Gasteiger partial charge in [-0.15, -0.1) is 6.58 Å². The van der Waals surface area contributed by atoms with E-state index in [1.807, 2.05) is 6.08 Å². The fourth-order valence-electron chi connectivity index (χ4n) is 3.66. The van der Waals surface area contributed by atoms with Crippen LogP contribution in [0.15, 0.2) is 73.3 Å². The van der Waals surface area contributed by atoms with Crippen LogP contribution in [-0.4, -0.2) is 18.3 Å². The Balaban J connectivity index is 2.05. The van der Waals surface area contributed by atoms with Gasteiger partial charge in [0, 0.05) is 5.82 Å². The zero-order chi connectivity index (χ0) is 18.8. The van der Waals surface area contributed by atoms with Crippen LogP contribution in [-0.2, 0) is 9.31 Å². The van der Waals surface area contributed by atoms with Crippen molar-refractivity contribution < 1.29 is 9.31 Å². The van der Waals surface area contributed by atoms with Crippen molar-refractivity contribution in [2.24, 2.45) is 0 Å². The van der Waals surface area contributed by atoms with Crippen LogP contribution in [0.1, 0.15) is 57.0 Å². The molecule has 136 valence electrons. The maximum absolute atomic E-state index is 6.47. The van der Waals surface area contributed by atoms with E-state index in [1.165, 1.54) is 11.1 Å². The fourth-order valence-corrected chi connectivity index (χ4v) is 3.66. The van der Waals surface area contributed by atoms with Crippen LogP contribution in [0.3, 0.4) is 0 Å². The van der Waals surface area contributed by atoms with Gasteiger partial charge in [0.1, 0.15) is 0 Å². The second-order valence-electron chi connectivity index (χ2n) is 8.10. The minimum Gasteiger partial charge on any atom is -0.403 e. The zero-order valence-electron chi connectivity index (χ0n) is 16.3. The van der Waals surface area contributed by atoms with E-state index in [4.69, 9.17) is 9.31 Å². The molecule has 2 nitrogen and oxygen atoms in total. The first-order valence-electron chi connectivity index (χ1n) is 9.42. The van der Waals surface area contributed by atoms with Gasteiger partial charge in [-0.2, -0.15) is 0 Å². The monoisotopic (exact) mass is 348 g/mol. The Labute approximate surface area is 158 Å². The quantitative estimate of drug-likeness (QED) is 0.488. The molecule has 26 heavy (non-hydrogen) atoms. The van der Waals surface area contributed by atoms with Crippen molar-refractivity contribution in [1.29, 1.82) is 0 Å². The van der Waals surface area contributed by atoms with E-state index in [0.717, 1.165) is 6.42 Å². The van der Waals surface area contributed by atoms with E-state index in [-0.39, 0.29) is 30.1 Å². The van der Waals surface area contributed by atoms with Crippen LogP contribution >= 0.6 is 0 Å². The number of benzene rings is 2. The summed E-state index contributed by atoms with van der Waals surface area (Å²) in [5.74, 6) is 0.337. The van der Waals surface area contributed by atoms with Crippen LogP contribution in [0.4, 0.5) is 0 Å². The standard InChI is InChI=1S/C23H29BO2/c1-6-13-20(18-14-9-7-10-15-18)21(19-16-11-8-12-17-19)24-25-22(2,3)23(4,5)26-24/h6-12,14-17,20-21H,1,13H2,2-5H3/t20-,21+/m0/s1. The highest BCUT2D eigenvalue weighted by Crippen LogP contribution is 2.46. The predicted octanol–water partition coefficient (Wildman–Crippen LogP) is 5.76. The Kier molecular flexibility index (Phi) is 5.41. The molecule has 0 aromatic heterocycles. The van der Waals surface area contributed by atoms with Crippen LogP contribution in [0, 0.1) is 0 Å². The molecule has 2 aromatic rings. The normalized spacial score (nSPS) is 20.5. The van der Waals surface area contributed by atoms with Crippen LogP contribution in [0.2, 0.25) is 0 Å². The summed E-state index contributed by atoms with van der Waals surface area (Å²) < 4.78 is 12.9. The van der Waals surface area contributed by atoms with Crippen molar-refractivity contribution in [1.82, 2.24) is 0 Å². The van der Waals surface area contributed by atoms with E-state index < -0.39 is 0 Å². The lowest BCUT2D eigenvalue weighted by atomic mass is 9.59.